The summed E-state index contributed by atoms with van der Waals surface area (Å²) in [6.45, 7) is 0. The summed E-state index contributed by atoms with van der Waals surface area (Å²) in [7, 11) is 0. The predicted octanol–water partition coefficient (Wildman–Crippen LogP) is 4.12. The topological polar surface area (TPSA) is 101 Å². The lowest BCUT2D eigenvalue weighted by molar-refractivity contribution is -0.385. The van der Waals surface area contributed by atoms with Crippen molar-refractivity contribution in [1.82, 2.24) is 4.98 Å². The van der Waals surface area contributed by atoms with E-state index in [-0.39, 0.29) is 21.5 Å². The minimum atomic E-state index is -0.539. The third-order valence-electron chi connectivity index (χ3n) is 2.95. The molecule has 116 valence electrons. The van der Waals surface area contributed by atoms with Crippen LogP contribution in [-0.2, 0) is 0 Å². The molecule has 0 aliphatic carbocycles. The number of anilines is 1. The summed E-state index contributed by atoms with van der Waals surface area (Å²) in [5.41, 5.74) is 3.70. The summed E-state index contributed by atoms with van der Waals surface area (Å²) in [5.74, 6) is -0.120. The van der Waals surface area contributed by atoms with Crippen LogP contribution in [0.1, 0.15) is 5.56 Å². The van der Waals surface area contributed by atoms with E-state index in [0.29, 0.717) is 5.13 Å². The first kappa shape index (κ1) is 15.4. The Morgan fingerprint density at radius 2 is 2.17 bits per heavy atom. The molecular formula is C14H9BrN4O3S. The number of rotatable bonds is 4. The molecule has 9 heteroatoms. The Balaban J connectivity index is 1.83. The van der Waals surface area contributed by atoms with Crippen molar-refractivity contribution in [3.63, 3.8) is 0 Å². The Kier molecular flexibility index (Phi) is 4.22. The first-order chi connectivity index (χ1) is 11.0. The fourth-order valence-corrected chi connectivity index (χ4v) is 3.17. The maximum Gasteiger partial charge on any atom is 0.271 e. The van der Waals surface area contributed by atoms with E-state index in [2.05, 4.69) is 31.4 Å². The van der Waals surface area contributed by atoms with Gasteiger partial charge < -0.3 is 5.11 Å². The quantitative estimate of drug-likeness (QED) is 0.395. The number of nitro groups is 1. The minimum absolute atomic E-state index is 0.120. The van der Waals surface area contributed by atoms with Gasteiger partial charge in [0.1, 0.15) is 5.75 Å². The number of phenolic OH excluding ortho intramolecular Hbond substituents is 1. The number of hydrazone groups is 1. The van der Waals surface area contributed by atoms with Gasteiger partial charge in [0.15, 0.2) is 0 Å². The van der Waals surface area contributed by atoms with Crippen LogP contribution in [0.5, 0.6) is 5.75 Å². The van der Waals surface area contributed by atoms with Gasteiger partial charge in [0, 0.05) is 17.7 Å². The number of phenols is 1. The summed E-state index contributed by atoms with van der Waals surface area (Å²) in [6.07, 6.45) is 1.30. The number of fused-ring (bicyclic) bond motifs is 1. The molecule has 2 N–H and O–H groups in total. The fourth-order valence-electron chi connectivity index (χ4n) is 1.89. The van der Waals surface area contributed by atoms with E-state index in [4.69, 9.17) is 0 Å². The van der Waals surface area contributed by atoms with E-state index in [0.717, 1.165) is 10.2 Å². The van der Waals surface area contributed by atoms with Gasteiger partial charge in [-0.1, -0.05) is 23.5 Å². The maximum absolute atomic E-state index is 10.8. The molecule has 2 aromatic carbocycles. The number of non-ortho nitro benzene ring substituents is 1. The summed E-state index contributed by atoms with van der Waals surface area (Å²) in [6, 6.07) is 10.1. The van der Waals surface area contributed by atoms with Crippen molar-refractivity contribution in [3.8, 4) is 5.75 Å². The van der Waals surface area contributed by atoms with Crippen molar-refractivity contribution < 1.29 is 10.0 Å². The van der Waals surface area contributed by atoms with Crippen LogP contribution in [-0.4, -0.2) is 21.2 Å². The van der Waals surface area contributed by atoms with Crippen LogP contribution in [0.15, 0.2) is 46.0 Å². The van der Waals surface area contributed by atoms with Crippen molar-refractivity contribution >= 4 is 54.5 Å². The highest BCUT2D eigenvalue weighted by Gasteiger charge is 2.13. The number of nitro benzene ring substituents is 1. The van der Waals surface area contributed by atoms with Crippen molar-refractivity contribution in [3.05, 3.63) is 56.5 Å². The number of nitrogens with one attached hydrogen (secondary N) is 1. The molecule has 0 spiro atoms. The summed E-state index contributed by atoms with van der Waals surface area (Å²) >= 11 is 4.51. The van der Waals surface area contributed by atoms with Crippen LogP contribution in [0.25, 0.3) is 10.2 Å². The molecule has 3 rings (SSSR count). The number of thiazole rings is 1. The van der Waals surface area contributed by atoms with Gasteiger partial charge in [0.05, 0.1) is 25.8 Å². The lowest BCUT2D eigenvalue weighted by Gasteiger charge is -2.01. The molecule has 0 aliphatic heterocycles. The Morgan fingerprint density at radius 3 is 2.91 bits per heavy atom. The highest BCUT2D eigenvalue weighted by molar-refractivity contribution is 9.10. The van der Waals surface area contributed by atoms with E-state index in [1.807, 2.05) is 24.3 Å². The molecule has 0 fully saturated rings. The molecule has 3 aromatic rings. The van der Waals surface area contributed by atoms with Crippen LogP contribution in [0.3, 0.4) is 0 Å². The van der Waals surface area contributed by atoms with E-state index >= 15 is 0 Å². The molecule has 0 radical (unpaired) electrons. The predicted molar refractivity (Wildman–Crippen MR) is 93.3 cm³/mol. The van der Waals surface area contributed by atoms with Crippen LogP contribution < -0.4 is 5.43 Å². The summed E-state index contributed by atoms with van der Waals surface area (Å²) in [5, 5.41) is 25.3. The van der Waals surface area contributed by atoms with Gasteiger partial charge in [-0.2, -0.15) is 5.10 Å². The Morgan fingerprint density at radius 1 is 1.39 bits per heavy atom. The smallest absolute Gasteiger partial charge is 0.271 e. The summed E-state index contributed by atoms with van der Waals surface area (Å²) in [4.78, 5) is 14.7. The first-order valence-electron chi connectivity index (χ1n) is 6.36. The van der Waals surface area contributed by atoms with Crippen molar-refractivity contribution in [2.24, 2.45) is 5.10 Å². The van der Waals surface area contributed by atoms with Gasteiger partial charge in [-0.3, -0.25) is 15.5 Å². The van der Waals surface area contributed by atoms with Gasteiger partial charge in [0.25, 0.3) is 5.69 Å². The van der Waals surface area contributed by atoms with E-state index in [1.54, 1.807) is 0 Å². The molecule has 1 heterocycles. The second-order valence-electron chi connectivity index (χ2n) is 4.48. The minimum Gasteiger partial charge on any atom is -0.506 e. The first-order valence-corrected chi connectivity index (χ1v) is 7.97. The van der Waals surface area contributed by atoms with Crippen LogP contribution in [0.4, 0.5) is 10.8 Å². The molecule has 0 saturated heterocycles. The number of benzene rings is 2. The van der Waals surface area contributed by atoms with Gasteiger partial charge in [0.2, 0.25) is 5.13 Å². The van der Waals surface area contributed by atoms with Crippen molar-refractivity contribution in [1.29, 1.82) is 0 Å². The number of aromatic nitrogens is 1. The molecule has 23 heavy (non-hydrogen) atoms. The SMILES string of the molecule is O=[N+]([O-])c1cc(Br)c(O)c(/C=N/Nc2nc3ccccc3s2)c1. The normalized spacial score (nSPS) is 11.2. The second kappa shape index (κ2) is 6.31. The standard InChI is InChI=1S/C14H9BrN4O3S/c15-10-6-9(19(21)22)5-8(13(10)20)7-16-18-14-17-11-3-1-2-4-12(11)23-14/h1-7,20H,(H,17,18)/b16-7+. The Bertz CT molecular complexity index is 893. The van der Waals surface area contributed by atoms with Crippen molar-refractivity contribution in [2.45, 2.75) is 0 Å². The highest BCUT2D eigenvalue weighted by Crippen LogP contribution is 2.31. The average molecular weight is 393 g/mol. The lowest BCUT2D eigenvalue weighted by atomic mass is 10.2. The maximum atomic E-state index is 10.8. The van der Waals surface area contributed by atoms with Gasteiger partial charge in [-0.25, -0.2) is 4.98 Å². The largest absolute Gasteiger partial charge is 0.506 e. The van der Waals surface area contributed by atoms with Crippen LogP contribution in [0, 0.1) is 10.1 Å². The van der Waals surface area contributed by atoms with E-state index in [1.165, 1.54) is 29.7 Å². The third-order valence-corrected chi connectivity index (χ3v) is 4.49. The molecule has 7 nitrogen and oxygen atoms in total. The zero-order valence-electron chi connectivity index (χ0n) is 11.4. The van der Waals surface area contributed by atoms with Crippen LogP contribution in [0.2, 0.25) is 0 Å². The number of hydrogen-bond donors (Lipinski definition) is 2. The van der Waals surface area contributed by atoms with Gasteiger partial charge >= 0.3 is 0 Å². The van der Waals surface area contributed by atoms with E-state index < -0.39 is 4.92 Å². The number of halogens is 1. The Labute approximate surface area is 142 Å². The second-order valence-corrected chi connectivity index (χ2v) is 6.36. The molecule has 0 bridgehead atoms. The number of hydrogen-bond acceptors (Lipinski definition) is 7. The average Bonchev–Trinajstić information content (AvgIpc) is 2.93. The van der Waals surface area contributed by atoms with Gasteiger partial charge in [-0.15, -0.1) is 0 Å². The lowest BCUT2D eigenvalue weighted by Crippen LogP contribution is -1.94. The highest BCUT2D eigenvalue weighted by atomic mass is 79.9. The fraction of sp³-hybridized carbons (Fsp3) is 0. The molecule has 0 unspecified atom stereocenters. The monoisotopic (exact) mass is 392 g/mol. The summed E-state index contributed by atoms with van der Waals surface area (Å²) < 4.78 is 1.25. The number of aromatic hydroxyl groups is 1. The molecular weight excluding hydrogens is 384 g/mol. The molecule has 0 atom stereocenters. The number of para-hydroxylation sites is 1. The zero-order chi connectivity index (χ0) is 16.4. The van der Waals surface area contributed by atoms with Gasteiger partial charge in [-0.05, 0) is 28.1 Å². The zero-order valence-corrected chi connectivity index (χ0v) is 13.8. The third kappa shape index (κ3) is 3.30. The number of nitrogens with zero attached hydrogens (tertiary/aromatic N) is 3. The molecule has 1 aromatic heterocycles. The molecule has 0 aliphatic rings. The van der Waals surface area contributed by atoms with Crippen LogP contribution >= 0.6 is 27.3 Å². The van der Waals surface area contributed by atoms with Crippen molar-refractivity contribution in [2.75, 3.05) is 5.43 Å². The van der Waals surface area contributed by atoms with E-state index in [9.17, 15) is 15.2 Å². The Hall–Kier alpha value is -2.52. The molecule has 0 saturated carbocycles. The molecule has 0 amide bonds.